The molecule has 0 fully saturated rings. The van der Waals surface area contributed by atoms with Crippen molar-refractivity contribution in [1.29, 1.82) is 0 Å². The molecule has 0 radical (unpaired) electrons. The molecule has 0 aliphatic rings. The number of carbonyl (C=O) groups excluding carboxylic acids is 1. The maximum Gasteiger partial charge on any atom is 0.280 e. The van der Waals surface area contributed by atoms with E-state index >= 15 is 0 Å². The Bertz CT molecular complexity index is 1110. The number of amides is 1. The van der Waals surface area contributed by atoms with Gasteiger partial charge >= 0.3 is 0 Å². The summed E-state index contributed by atoms with van der Waals surface area (Å²) in [5.41, 5.74) is 4.62. The number of carbonyl (C=O) groups is 1. The molecular weight excluding hydrogens is 368 g/mol. The fourth-order valence-electron chi connectivity index (χ4n) is 3.09. The van der Waals surface area contributed by atoms with E-state index in [1.165, 1.54) is 5.56 Å². The van der Waals surface area contributed by atoms with Gasteiger partial charge in [-0.25, -0.2) is 4.98 Å². The van der Waals surface area contributed by atoms with Gasteiger partial charge in [0.05, 0.1) is 16.8 Å². The van der Waals surface area contributed by atoms with E-state index in [4.69, 9.17) is 4.98 Å². The number of nitrogens with zero attached hydrogens (tertiary/aromatic N) is 4. The van der Waals surface area contributed by atoms with Gasteiger partial charge in [-0.1, -0.05) is 54.7 Å². The van der Waals surface area contributed by atoms with Crippen LogP contribution in [0.4, 0.5) is 5.13 Å². The summed E-state index contributed by atoms with van der Waals surface area (Å²) in [4.78, 5) is 19.8. The first-order chi connectivity index (χ1) is 13.5. The average Bonchev–Trinajstić information content (AvgIpc) is 3.28. The first-order valence-corrected chi connectivity index (χ1v) is 10.1. The monoisotopic (exact) mass is 390 g/mol. The van der Waals surface area contributed by atoms with E-state index in [-0.39, 0.29) is 5.91 Å². The summed E-state index contributed by atoms with van der Waals surface area (Å²) < 4.78 is 2.82. The van der Waals surface area contributed by atoms with Crippen LogP contribution >= 0.6 is 11.3 Å². The summed E-state index contributed by atoms with van der Waals surface area (Å²) in [6, 6.07) is 18.1. The zero-order chi connectivity index (χ0) is 19.7. The fourth-order valence-corrected chi connectivity index (χ4v) is 4.11. The highest BCUT2D eigenvalue weighted by Gasteiger charge is 2.24. The molecule has 2 aromatic carbocycles. The minimum Gasteiger partial charge on any atom is -0.278 e. The van der Waals surface area contributed by atoms with Gasteiger partial charge in [-0.2, -0.15) is 5.10 Å². The lowest BCUT2D eigenvalue weighted by Gasteiger charge is -2.19. The van der Waals surface area contributed by atoms with Crippen LogP contribution in [0, 0.1) is 6.92 Å². The predicted molar refractivity (Wildman–Crippen MR) is 114 cm³/mol. The van der Waals surface area contributed by atoms with Crippen LogP contribution in [0.5, 0.6) is 0 Å². The molecule has 2 aromatic heterocycles. The van der Waals surface area contributed by atoms with Gasteiger partial charge in [0.15, 0.2) is 10.8 Å². The lowest BCUT2D eigenvalue weighted by Crippen LogP contribution is -2.30. The van der Waals surface area contributed by atoms with Gasteiger partial charge in [0.2, 0.25) is 0 Å². The normalized spacial score (nSPS) is 11.1. The lowest BCUT2D eigenvalue weighted by atomic mass is 10.2. The number of thiazole rings is 1. The quantitative estimate of drug-likeness (QED) is 0.494. The predicted octanol–water partition coefficient (Wildman–Crippen LogP) is 4.75. The second-order valence-corrected chi connectivity index (χ2v) is 7.83. The van der Waals surface area contributed by atoms with Crippen molar-refractivity contribution >= 4 is 32.6 Å². The molecule has 0 unspecified atom stereocenters. The van der Waals surface area contributed by atoms with Crippen LogP contribution < -0.4 is 4.90 Å². The Kier molecular flexibility index (Phi) is 4.96. The van der Waals surface area contributed by atoms with Gasteiger partial charge in [-0.3, -0.25) is 14.4 Å². The number of benzene rings is 2. The van der Waals surface area contributed by atoms with E-state index in [0.29, 0.717) is 17.4 Å². The molecule has 0 saturated carbocycles. The van der Waals surface area contributed by atoms with Crippen molar-refractivity contribution in [3.8, 4) is 0 Å². The molecule has 1 amide bonds. The van der Waals surface area contributed by atoms with Crippen molar-refractivity contribution in [3.63, 3.8) is 0 Å². The molecule has 0 atom stereocenters. The van der Waals surface area contributed by atoms with Gasteiger partial charge < -0.3 is 0 Å². The molecule has 4 aromatic rings. The second-order valence-electron chi connectivity index (χ2n) is 6.82. The Labute approximate surface area is 168 Å². The number of hydrogen-bond acceptors (Lipinski definition) is 4. The number of rotatable bonds is 5. The second kappa shape index (κ2) is 7.56. The molecule has 5 nitrogen and oxygen atoms in total. The van der Waals surface area contributed by atoms with Crippen LogP contribution in [0.25, 0.3) is 10.2 Å². The summed E-state index contributed by atoms with van der Waals surface area (Å²) >= 11 is 1.55. The van der Waals surface area contributed by atoms with Crippen molar-refractivity contribution in [1.82, 2.24) is 14.8 Å². The molecule has 0 bridgehead atoms. The molecule has 0 spiro atoms. The minimum atomic E-state index is -0.137. The van der Waals surface area contributed by atoms with E-state index in [1.807, 2.05) is 56.4 Å². The smallest absolute Gasteiger partial charge is 0.278 e. The first kappa shape index (κ1) is 18.4. The summed E-state index contributed by atoms with van der Waals surface area (Å²) in [5.74, 6) is -0.137. The van der Waals surface area contributed by atoms with E-state index in [2.05, 4.69) is 24.2 Å². The molecular formula is C22H22N4OS. The summed E-state index contributed by atoms with van der Waals surface area (Å²) in [6.07, 6.45) is 0.975. The third-order valence-electron chi connectivity index (χ3n) is 4.84. The molecule has 142 valence electrons. The number of aryl methyl sites for hydroxylation is 3. The topological polar surface area (TPSA) is 51.0 Å². The first-order valence-electron chi connectivity index (χ1n) is 9.31. The van der Waals surface area contributed by atoms with Crippen LogP contribution in [0.15, 0.2) is 54.6 Å². The highest BCUT2D eigenvalue weighted by atomic mass is 32.1. The van der Waals surface area contributed by atoms with Gasteiger partial charge in [0.1, 0.15) is 0 Å². The van der Waals surface area contributed by atoms with Gasteiger partial charge in [0.25, 0.3) is 5.91 Å². The zero-order valence-corrected chi connectivity index (χ0v) is 17.0. The molecule has 6 heteroatoms. The van der Waals surface area contributed by atoms with E-state index in [9.17, 15) is 4.79 Å². The van der Waals surface area contributed by atoms with Crippen molar-refractivity contribution in [2.45, 2.75) is 26.8 Å². The summed E-state index contributed by atoms with van der Waals surface area (Å²) in [5, 5.41) is 5.08. The Morgan fingerprint density at radius 3 is 2.57 bits per heavy atom. The molecule has 0 N–H and O–H groups in total. The molecule has 28 heavy (non-hydrogen) atoms. The number of hydrogen-bond donors (Lipinski definition) is 0. The molecule has 0 saturated heterocycles. The van der Waals surface area contributed by atoms with Gasteiger partial charge in [-0.15, -0.1) is 0 Å². The molecule has 4 rings (SSSR count). The summed E-state index contributed by atoms with van der Waals surface area (Å²) in [6.45, 7) is 4.53. The van der Waals surface area contributed by atoms with Crippen LogP contribution in [-0.4, -0.2) is 20.7 Å². The zero-order valence-electron chi connectivity index (χ0n) is 16.2. The van der Waals surface area contributed by atoms with Gasteiger partial charge in [0, 0.05) is 12.7 Å². The Hall–Kier alpha value is -2.99. The Morgan fingerprint density at radius 1 is 1.11 bits per heavy atom. The highest BCUT2D eigenvalue weighted by molar-refractivity contribution is 7.22. The van der Waals surface area contributed by atoms with E-state index in [1.54, 1.807) is 20.9 Å². The number of fused-ring (bicyclic) bond motifs is 1. The van der Waals surface area contributed by atoms with Crippen LogP contribution in [0.2, 0.25) is 0 Å². The maximum atomic E-state index is 13.3. The van der Waals surface area contributed by atoms with E-state index < -0.39 is 0 Å². The van der Waals surface area contributed by atoms with Crippen molar-refractivity contribution in [2.24, 2.45) is 7.05 Å². The van der Waals surface area contributed by atoms with Gasteiger partial charge in [-0.05, 0) is 42.7 Å². The maximum absolute atomic E-state index is 13.3. The highest BCUT2D eigenvalue weighted by Crippen LogP contribution is 2.31. The summed E-state index contributed by atoms with van der Waals surface area (Å²) in [7, 11) is 1.84. The third-order valence-corrected chi connectivity index (χ3v) is 5.88. The SMILES string of the molecule is CCc1ccc2nc(N(Cc3ccccc3)C(=O)c3cc(C)n(C)n3)sc2c1. The molecule has 2 heterocycles. The molecule has 0 aliphatic heterocycles. The number of aromatic nitrogens is 3. The van der Waals surface area contributed by atoms with Crippen molar-refractivity contribution in [3.05, 3.63) is 77.1 Å². The molecule has 0 aliphatic carbocycles. The minimum absolute atomic E-state index is 0.137. The average molecular weight is 391 g/mol. The Morgan fingerprint density at radius 2 is 1.89 bits per heavy atom. The van der Waals surface area contributed by atoms with E-state index in [0.717, 1.165) is 27.9 Å². The number of anilines is 1. The van der Waals surface area contributed by atoms with Crippen molar-refractivity contribution < 1.29 is 4.79 Å². The van der Waals surface area contributed by atoms with Crippen LogP contribution in [0.3, 0.4) is 0 Å². The fraction of sp³-hybridized carbons (Fsp3) is 0.227. The van der Waals surface area contributed by atoms with Crippen LogP contribution in [0.1, 0.15) is 34.2 Å². The standard InChI is InChI=1S/C22H22N4OS/c1-4-16-10-11-18-20(13-16)28-22(23-18)26(14-17-8-6-5-7-9-17)21(27)19-12-15(2)25(3)24-19/h5-13H,4,14H2,1-3H3. The van der Waals surface area contributed by atoms with Crippen LogP contribution in [-0.2, 0) is 20.0 Å². The van der Waals surface area contributed by atoms with Crippen molar-refractivity contribution in [2.75, 3.05) is 4.90 Å². The lowest BCUT2D eigenvalue weighted by molar-refractivity contribution is 0.0979. The largest absolute Gasteiger partial charge is 0.280 e. The third kappa shape index (κ3) is 3.55. The Balaban J connectivity index is 1.76.